The maximum atomic E-state index is 10.8. The van der Waals surface area contributed by atoms with Gasteiger partial charge in [0.25, 0.3) is 0 Å². The zero-order chi connectivity index (χ0) is 13.8. The fourth-order valence-electron chi connectivity index (χ4n) is 1.93. The predicted molar refractivity (Wildman–Crippen MR) is 71.7 cm³/mol. The molecule has 0 saturated heterocycles. The van der Waals surface area contributed by atoms with E-state index < -0.39 is 4.92 Å². The van der Waals surface area contributed by atoms with Crippen LogP contribution in [0.3, 0.4) is 0 Å². The Morgan fingerprint density at radius 2 is 2.17 bits per heavy atom. The molecule has 0 radical (unpaired) electrons. The summed E-state index contributed by atoms with van der Waals surface area (Å²) in [6.45, 7) is 5.77. The van der Waals surface area contributed by atoms with E-state index >= 15 is 0 Å². The summed E-state index contributed by atoms with van der Waals surface area (Å²) in [6, 6.07) is 3.37. The number of nitrogens with zero attached hydrogens (tertiary/aromatic N) is 3. The minimum atomic E-state index is -0.471. The summed E-state index contributed by atoms with van der Waals surface area (Å²) in [6.07, 6.45) is 1.42. The molecule has 0 atom stereocenters. The van der Waals surface area contributed by atoms with E-state index in [1.807, 2.05) is 14.1 Å². The van der Waals surface area contributed by atoms with E-state index in [1.165, 1.54) is 6.20 Å². The first-order chi connectivity index (χ1) is 8.32. The van der Waals surface area contributed by atoms with Gasteiger partial charge in [-0.3, -0.25) is 0 Å². The number of pyridine rings is 1. The summed E-state index contributed by atoms with van der Waals surface area (Å²) in [5.74, 6) is -0.127. The second kappa shape index (κ2) is 5.77. The molecule has 0 aliphatic heterocycles. The zero-order valence-electron chi connectivity index (χ0n) is 11.3. The van der Waals surface area contributed by atoms with Crippen molar-refractivity contribution in [1.82, 2.24) is 9.88 Å². The highest BCUT2D eigenvalue weighted by Gasteiger charge is 2.21. The van der Waals surface area contributed by atoms with Gasteiger partial charge >= 0.3 is 5.82 Å². The van der Waals surface area contributed by atoms with E-state index in [1.54, 1.807) is 12.1 Å². The van der Waals surface area contributed by atoms with Gasteiger partial charge in [0, 0.05) is 13.1 Å². The van der Waals surface area contributed by atoms with Gasteiger partial charge in [0.05, 0.1) is 0 Å². The number of hydrogen-bond acceptors (Lipinski definition) is 5. The smallest absolute Gasteiger partial charge is 0.378 e. The quantitative estimate of drug-likeness (QED) is 0.619. The predicted octanol–water partition coefficient (Wildman–Crippen LogP) is 1.99. The lowest BCUT2D eigenvalue weighted by Gasteiger charge is -2.28. The van der Waals surface area contributed by atoms with E-state index in [-0.39, 0.29) is 11.2 Å². The fourth-order valence-corrected chi connectivity index (χ4v) is 1.93. The van der Waals surface area contributed by atoms with Crippen molar-refractivity contribution < 1.29 is 4.92 Å². The fraction of sp³-hybridized carbons (Fsp3) is 0.583. The van der Waals surface area contributed by atoms with Crippen molar-refractivity contribution in [2.24, 2.45) is 5.41 Å². The molecule has 0 bridgehead atoms. The number of nitro groups is 1. The van der Waals surface area contributed by atoms with Crippen LogP contribution in [0.4, 0.5) is 11.5 Å². The summed E-state index contributed by atoms with van der Waals surface area (Å²) in [5.41, 5.74) is 0.488. The molecule has 0 spiro atoms. The van der Waals surface area contributed by atoms with Crippen LogP contribution in [0.5, 0.6) is 0 Å². The first-order valence-electron chi connectivity index (χ1n) is 5.80. The van der Waals surface area contributed by atoms with Gasteiger partial charge in [-0.15, -0.1) is 0 Å². The van der Waals surface area contributed by atoms with Crippen LogP contribution in [0.25, 0.3) is 0 Å². The van der Waals surface area contributed by atoms with Crippen molar-refractivity contribution in [1.29, 1.82) is 0 Å². The highest BCUT2D eigenvalue weighted by molar-refractivity contribution is 5.56. The van der Waals surface area contributed by atoms with Crippen LogP contribution in [-0.4, -0.2) is 42.0 Å². The second-order valence-corrected chi connectivity index (χ2v) is 5.39. The Balaban J connectivity index is 2.71. The Morgan fingerprint density at radius 3 is 2.72 bits per heavy atom. The van der Waals surface area contributed by atoms with Crippen LogP contribution < -0.4 is 5.32 Å². The van der Waals surface area contributed by atoms with Crippen molar-refractivity contribution in [3.05, 3.63) is 28.4 Å². The van der Waals surface area contributed by atoms with Gasteiger partial charge in [-0.05, 0) is 41.6 Å². The SMILES string of the molecule is CN(C)CC(C)(C)CNc1cccnc1[N+](=O)[O-]. The van der Waals surface area contributed by atoms with E-state index in [9.17, 15) is 10.1 Å². The van der Waals surface area contributed by atoms with E-state index in [0.717, 1.165) is 6.54 Å². The van der Waals surface area contributed by atoms with Crippen molar-refractivity contribution in [3.8, 4) is 0 Å². The van der Waals surface area contributed by atoms with Gasteiger partial charge in [0.1, 0.15) is 11.9 Å². The summed E-state index contributed by atoms with van der Waals surface area (Å²) in [7, 11) is 4.02. The minimum absolute atomic E-state index is 0.0210. The molecule has 0 fully saturated rings. The largest absolute Gasteiger partial charge is 0.386 e. The third-order valence-corrected chi connectivity index (χ3v) is 2.46. The molecule has 6 heteroatoms. The van der Waals surface area contributed by atoms with Gasteiger partial charge in [-0.1, -0.05) is 13.8 Å². The number of nitrogens with one attached hydrogen (secondary N) is 1. The van der Waals surface area contributed by atoms with Crippen LogP contribution in [0, 0.1) is 15.5 Å². The first-order valence-corrected chi connectivity index (χ1v) is 5.80. The molecule has 0 aliphatic carbocycles. The van der Waals surface area contributed by atoms with Gasteiger partial charge in [-0.25, -0.2) is 0 Å². The maximum Gasteiger partial charge on any atom is 0.386 e. The molecular weight excluding hydrogens is 232 g/mol. The summed E-state index contributed by atoms with van der Waals surface area (Å²) >= 11 is 0. The molecule has 1 N–H and O–H groups in total. The molecule has 100 valence electrons. The molecule has 0 aliphatic rings. The second-order valence-electron chi connectivity index (χ2n) is 5.39. The van der Waals surface area contributed by atoms with Gasteiger partial charge in [0.2, 0.25) is 0 Å². The standard InChI is InChI=1S/C12H20N4O2/c1-12(2,9-15(3)4)8-14-10-6-5-7-13-11(10)16(17)18/h5-7,14H,8-9H2,1-4H3. The normalized spacial score (nSPS) is 11.6. The summed E-state index contributed by atoms with van der Waals surface area (Å²) in [4.78, 5) is 16.2. The highest BCUT2D eigenvalue weighted by Crippen LogP contribution is 2.23. The molecule has 0 aromatic carbocycles. The number of hydrogen-bond donors (Lipinski definition) is 1. The van der Waals surface area contributed by atoms with Crippen LogP contribution >= 0.6 is 0 Å². The van der Waals surface area contributed by atoms with Crippen molar-refractivity contribution in [3.63, 3.8) is 0 Å². The van der Waals surface area contributed by atoms with Gasteiger partial charge < -0.3 is 20.3 Å². The minimum Gasteiger partial charge on any atom is -0.378 e. The lowest BCUT2D eigenvalue weighted by atomic mass is 9.93. The molecular formula is C12H20N4O2. The molecule has 0 amide bonds. The third-order valence-electron chi connectivity index (χ3n) is 2.46. The number of aromatic nitrogens is 1. The average molecular weight is 252 g/mol. The zero-order valence-corrected chi connectivity index (χ0v) is 11.3. The average Bonchev–Trinajstić information content (AvgIpc) is 2.25. The Labute approximate surface area is 107 Å². The molecule has 1 rings (SSSR count). The van der Waals surface area contributed by atoms with E-state index in [2.05, 4.69) is 29.0 Å². The molecule has 1 aromatic heterocycles. The maximum absolute atomic E-state index is 10.8. The molecule has 1 aromatic rings. The molecule has 0 saturated carbocycles. The summed E-state index contributed by atoms with van der Waals surface area (Å²) in [5, 5.41) is 13.9. The van der Waals surface area contributed by atoms with Crippen molar-refractivity contribution in [2.45, 2.75) is 13.8 Å². The monoisotopic (exact) mass is 252 g/mol. The third kappa shape index (κ3) is 4.29. The lowest BCUT2D eigenvalue weighted by molar-refractivity contribution is -0.388. The Hall–Kier alpha value is -1.69. The van der Waals surface area contributed by atoms with Gasteiger partial charge in [-0.2, -0.15) is 0 Å². The first kappa shape index (κ1) is 14.4. The van der Waals surface area contributed by atoms with Crippen molar-refractivity contribution in [2.75, 3.05) is 32.5 Å². The van der Waals surface area contributed by atoms with E-state index in [4.69, 9.17) is 0 Å². The van der Waals surface area contributed by atoms with E-state index in [0.29, 0.717) is 12.2 Å². The highest BCUT2D eigenvalue weighted by atomic mass is 16.6. The van der Waals surface area contributed by atoms with Crippen LogP contribution in [0.1, 0.15) is 13.8 Å². The summed E-state index contributed by atoms with van der Waals surface area (Å²) < 4.78 is 0. The number of rotatable bonds is 6. The van der Waals surface area contributed by atoms with Crippen molar-refractivity contribution >= 4 is 11.5 Å². The molecule has 6 nitrogen and oxygen atoms in total. The number of anilines is 1. The Bertz CT molecular complexity index is 418. The van der Waals surface area contributed by atoms with Crippen LogP contribution in [0.2, 0.25) is 0 Å². The lowest BCUT2D eigenvalue weighted by Crippen LogP contribution is -2.34. The van der Waals surface area contributed by atoms with Crippen LogP contribution in [-0.2, 0) is 0 Å². The molecule has 1 heterocycles. The Kier molecular flexibility index (Phi) is 4.61. The van der Waals surface area contributed by atoms with Crippen LogP contribution in [0.15, 0.2) is 18.3 Å². The topological polar surface area (TPSA) is 71.3 Å². The molecule has 0 unspecified atom stereocenters. The Morgan fingerprint density at radius 1 is 1.50 bits per heavy atom. The molecule has 18 heavy (non-hydrogen) atoms. The van der Waals surface area contributed by atoms with Gasteiger partial charge in [0.15, 0.2) is 0 Å².